The maximum atomic E-state index is 11.5. The lowest BCUT2D eigenvalue weighted by atomic mass is 10.1. The summed E-state index contributed by atoms with van der Waals surface area (Å²) in [5.41, 5.74) is 0. The second-order valence-corrected chi connectivity index (χ2v) is 3.71. The zero-order chi connectivity index (χ0) is 11.4. The number of hydrogen-bond donors (Lipinski definition) is 1. The molecular weight excluding hydrogens is 196 g/mol. The number of carbonyl (C=O) groups is 2. The molecule has 5 nitrogen and oxygen atoms in total. The van der Waals surface area contributed by atoms with Crippen molar-refractivity contribution in [3.8, 4) is 6.07 Å². The van der Waals surface area contributed by atoms with E-state index in [2.05, 4.69) is 0 Å². The number of amides is 1. The van der Waals surface area contributed by atoms with Gasteiger partial charge in [-0.05, 0) is 6.42 Å². The maximum Gasteiger partial charge on any atom is 0.308 e. The monoisotopic (exact) mass is 210 g/mol. The molecule has 1 aliphatic heterocycles. The average molecular weight is 210 g/mol. The van der Waals surface area contributed by atoms with Gasteiger partial charge in [0.15, 0.2) is 0 Å². The Labute approximate surface area is 88.3 Å². The zero-order valence-corrected chi connectivity index (χ0v) is 8.64. The molecule has 15 heavy (non-hydrogen) atoms. The predicted molar refractivity (Wildman–Crippen MR) is 51.8 cm³/mol. The summed E-state index contributed by atoms with van der Waals surface area (Å²) < 4.78 is 0. The Morgan fingerprint density at radius 2 is 2.47 bits per heavy atom. The van der Waals surface area contributed by atoms with Gasteiger partial charge in [-0.3, -0.25) is 9.59 Å². The minimum absolute atomic E-state index is 0.0667. The van der Waals surface area contributed by atoms with Crippen LogP contribution in [0.15, 0.2) is 0 Å². The van der Waals surface area contributed by atoms with Gasteiger partial charge in [0.25, 0.3) is 0 Å². The van der Waals surface area contributed by atoms with Crippen LogP contribution in [0.3, 0.4) is 0 Å². The van der Waals surface area contributed by atoms with Crippen LogP contribution in [0, 0.1) is 17.2 Å². The Kier molecular flexibility index (Phi) is 3.67. The molecule has 2 unspecified atom stereocenters. The van der Waals surface area contributed by atoms with E-state index in [1.807, 2.05) is 13.0 Å². The van der Waals surface area contributed by atoms with Crippen LogP contribution in [-0.4, -0.2) is 34.5 Å². The van der Waals surface area contributed by atoms with E-state index in [-0.39, 0.29) is 31.3 Å². The van der Waals surface area contributed by atoms with E-state index in [1.165, 1.54) is 4.90 Å². The minimum atomic E-state index is -0.933. The summed E-state index contributed by atoms with van der Waals surface area (Å²) in [5.74, 6) is -1.69. The van der Waals surface area contributed by atoms with Crippen LogP contribution in [0.25, 0.3) is 0 Å². The molecule has 1 saturated heterocycles. The summed E-state index contributed by atoms with van der Waals surface area (Å²) in [4.78, 5) is 23.8. The first-order valence-electron chi connectivity index (χ1n) is 4.99. The molecule has 0 bridgehead atoms. The van der Waals surface area contributed by atoms with Crippen LogP contribution >= 0.6 is 0 Å². The van der Waals surface area contributed by atoms with Gasteiger partial charge in [-0.2, -0.15) is 5.26 Å². The first-order chi connectivity index (χ1) is 7.10. The number of carboxylic acid groups (broad SMARTS) is 1. The third-order valence-corrected chi connectivity index (χ3v) is 2.75. The molecule has 2 atom stereocenters. The number of likely N-dealkylation sites (tertiary alicyclic amines) is 1. The van der Waals surface area contributed by atoms with Gasteiger partial charge in [0.1, 0.15) is 0 Å². The normalized spacial score (nSPS) is 22.5. The van der Waals surface area contributed by atoms with Gasteiger partial charge in [-0.15, -0.1) is 0 Å². The van der Waals surface area contributed by atoms with Crippen molar-refractivity contribution in [3.05, 3.63) is 0 Å². The molecule has 0 aromatic heterocycles. The van der Waals surface area contributed by atoms with Gasteiger partial charge in [0.05, 0.1) is 18.4 Å². The number of rotatable bonds is 4. The van der Waals surface area contributed by atoms with Crippen molar-refractivity contribution >= 4 is 11.9 Å². The summed E-state index contributed by atoms with van der Waals surface area (Å²) in [6.07, 6.45) is 1.03. The number of nitriles is 1. The Morgan fingerprint density at radius 3 is 2.87 bits per heavy atom. The van der Waals surface area contributed by atoms with Crippen molar-refractivity contribution in [2.75, 3.05) is 6.54 Å². The van der Waals surface area contributed by atoms with Gasteiger partial charge in [-0.1, -0.05) is 6.92 Å². The van der Waals surface area contributed by atoms with Crippen LogP contribution < -0.4 is 0 Å². The van der Waals surface area contributed by atoms with Gasteiger partial charge in [0.2, 0.25) is 5.91 Å². The smallest absolute Gasteiger partial charge is 0.308 e. The highest BCUT2D eigenvalue weighted by molar-refractivity contribution is 5.86. The van der Waals surface area contributed by atoms with E-state index in [1.54, 1.807) is 0 Å². The lowest BCUT2D eigenvalue weighted by molar-refractivity contribution is -0.141. The summed E-state index contributed by atoms with van der Waals surface area (Å²) in [6, 6.07) is 1.89. The fourth-order valence-corrected chi connectivity index (χ4v) is 1.83. The number of hydrogen-bond acceptors (Lipinski definition) is 3. The molecule has 1 fully saturated rings. The second-order valence-electron chi connectivity index (χ2n) is 3.71. The molecule has 1 heterocycles. The highest BCUT2D eigenvalue weighted by Crippen LogP contribution is 2.22. The van der Waals surface area contributed by atoms with Crippen molar-refractivity contribution in [3.63, 3.8) is 0 Å². The molecule has 0 aliphatic carbocycles. The minimum Gasteiger partial charge on any atom is -0.481 e. The fourth-order valence-electron chi connectivity index (χ4n) is 1.83. The number of carboxylic acids is 1. The first kappa shape index (κ1) is 11.5. The molecule has 5 heteroatoms. The highest BCUT2D eigenvalue weighted by atomic mass is 16.4. The van der Waals surface area contributed by atoms with E-state index in [9.17, 15) is 9.59 Å². The topological polar surface area (TPSA) is 81.4 Å². The second kappa shape index (κ2) is 4.78. The number of carbonyl (C=O) groups excluding carboxylic acids is 1. The Bertz CT molecular complexity index is 308. The first-order valence-corrected chi connectivity index (χ1v) is 4.99. The third kappa shape index (κ3) is 2.46. The molecule has 1 rings (SSSR count). The fraction of sp³-hybridized carbons (Fsp3) is 0.700. The molecule has 0 aromatic rings. The Morgan fingerprint density at radius 1 is 1.80 bits per heavy atom. The summed E-state index contributed by atoms with van der Waals surface area (Å²) in [5, 5.41) is 17.4. The van der Waals surface area contributed by atoms with E-state index in [4.69, 9.17) is 10.4 Å². The Balaban J connectivity index is 2.67. The molecule has 0 radical (unpaired) electrons. The van der Waals surface area contributed by atoms with Crippen molar-refractivity contribution in [2.24, 2.45) is 5.92 Å². The quantitative estimate of drug-likeness (QED) is 0.737. The van der Waals surface area contributed by atoms with Crippen LogP contribution in [0.4, 0.5) is 0 Å². The third-order valence-electron chi connectivity index (χ3n) is 2.75. The van der Waals surface area contributed by atoms with Crippen molar-refractivity contribution < 1.29 is 14.7 Å². The van der Waals surface area contributed by atoms with Crippen LogP contribution in [0.1, 0.15) is 26.2 Å². The molecule has 1 aliphatic rings. The van der Waals surface area contributed by atoms with Crippen LogP contribution in [0.5, 0.6) is 0 Å². The average Bonchev–Trinajstić information content (AvgIpc) is 2.57. The van der Waals surface area contributed by atoms with Crippen molar-refractivity contribution in [1.82, 2.24) is 4.90 Å². The van der Waals surface area contributed by atoms with E-state index < -0.39 is 11.9 Å². The summed E-state index contributed by atoms with van der Waals surface area (Å²) in [6.45, 7) is 2.14. The summed E-state index contributed by atoms with van der Waals surface area (Å²) >= 11 is 0. The van der Waals surface area contributed by atoms with Crippen molar-refractivity contribution in [1.29, 1.82) is 5.26 Å². The largest absolute Gasteiger partial charge is 0.481 e. The maximum absolute atomic E-state index is 11.5. The van der Waals surface area contributed by atoms with Crippen LogP contribution in [-0.2, 0) is 9.59 Å². The molecule has 0 aromatic carbocycles. The van der Waals surface area contributed by atoms with E-state index >= 15 is 0 Å². The lowest BCUT2D eigenvalue weighted by Gasteiger charge is -2.24. The molecule has 0 saturated carbocycles. The van der Waals surface area contributed by atoms with Gasteiger partial charge < -0.3 is 10.0 Å². The van der Waals surface area contributed by atoms with Crippen LogP contribution in [0.2, 0.25) is 0 Å². The molecule has 0 spiro atoms. The van der Waals surface area contributed by atoms with Crippen molar-refractivity contribution in [2.45, 2.75) is 32.2 Å². The molecule has 82 valence electrons. The van der Waals surface area contributed by atoms with E-state index in [0.29, 0.717) is 6.42 Å². The predicted octanol–water partition coefficient (Wildman–Crippen LogP) is 0.612. The molecular formula is C10H14N2O3. The molecule has 1 N–H and O–H groups in total. The van der Waals surface area contributed by atoms with E-state index in [0.717, 1.165) is 0 Å². The zero-order valence-electron chi connectivity index (χ0n) is 8.64. The standard InChI is InChI=1S/C10H14N2O3/c1-2-8(3-4-11)12-6-7(10(14)15)5-9(12)13/h7-8H,2-3,5-6H2,1H3,(H,14,15). The molecule has 1 amide bonds. The number of aliphatic carboxylic acids is 1. The highest BCUT2D eigenvalue weighted by Gasteiger charge is 2.37. The SMILES string of the molecule is CCC(CC#N)N1CC(C(=O)O)CC1=O. The van der Waals surface area contributed by atoms with Gasteiger partial charge in [-0.25, -0.2) is 0 Å². The lowest BCUT2D eigenvalue weighted by Crippen LogP contribution is -2.36. The number of nitrogens with zero attached hydrogens (tertiary/aromatic N) is 2. The van der Waals surface area contributed by atoms with Gasteiger partial charge in [0, 0.05) is 19.0 Å². The Hall–Kier alpha value is -1.57. The summed E-state index contributed by atoms with van der Waals surface area (Å²) in [7, 11) is 0. The van der Waals surface area contributed by atoms with Gasteiger partial charge >= 0.3 is 5.97 Å².